The lowest BCUT2D eigenvalue weighted by Gasteiger charge is -2.22. The molecule has 1 atom stereocenters. The molecule has 3 nitrogen and oxygen atoms in total. The maximum Gasteiger partial charge on any atom is 0.0434 e. The van der Waals surface area contributed by atoms with Crippen LogP contribution in [0, 0.1) is 5.92 Å². The van der Waals surface area contributed by atoms with Crippen molar-refractivity contribution in [1.82, 2.24) is 0 Å². The second-order valence-electron chi connectivity index (χ2n) is 4.55. The summed E-state index contributed by atoms with van der Waals surface area (Å²) >= 11 is 3.55. The van der Waals surface area contributed by atoms with Crippen LogP contribution in [0.3, 0.4) is 0 Å². The number of benzene rings is 1. The average Bonchev–Trinajstić information content (AvgIpc) is 2.78. The Kier molecular flexibility index (Phi) is 4.42. The lowest BCUT2D eigenvalue weighted by atomic mass is 10.1. The minimum Gasteiger partial charge on any atom is -0.396 e. The summed E-state index contributed by atoms with van der Waals surface area (Å²) in [6.07, 6.45) is 2.07. The summed E-state index contributed by atoms with van der Waals surface area (Å²) < 4.78 is 1.09. The molecule has 1 heterocycles. The third-order valence-corrected chi connectivity index (χ3v) is 4.21. The van der Waals surface area contributed by atoms with Crippen molar-refractivity contribution >= 4 is 21.6 Å². The van der Waals surface area contributed by atoms with E-state index in [2.05, 4.69) is 33.0 Å². The maximum atomic E-state index is 8.98. The van der Waals surface area contributed by atoms with Crippen molar-refractivity contribution in [3.8, 4) is 0 Å². The normalized spacial score (nSPS) is 19.9. The van der Waals surface area contributed by atoms with E-state index in [9.17, 15) is 0 Å². The van der Waals surface area contributed by atoms with E-state index in [1.807, 2.05) is 6.07 Å². The van der Waals surface area contributed by atoms with Gasteiger partial charge in [0.15, 0.2) is 0 Å². The molecule has 1 aliphatic rings. The SMILES string of the molecule is NCc1c(Br)cccc1N1CCC(CCO)C1. The molecule has 1 aromatic rings. The number of nitrogens with two attached hydrogens (primary N) is 1. The van der Waals surface area contributed by atoms with Crippen LogP contribution in [0.15, 0.2) is 22.7 Å². The van der Waals surface area contributed by atoms with Gasteiger partial charge in [0.2, 0.25) is 0 Å². The number of rotatable bonds is 4. The van der Waals surface area contributed by atoms with E-state index in [4.69, 9.17) is 10.8 Å². The Labute approximate surface area is 111 Å². The molecule has 0 saturated carbocycles. The number of aliphatic hydroxyl groups excluding tert-OH is 1. The first-order valence-corrected chi connectivity index (χ1v) is 6.88. The van der Waals surface area contributed by atoms with Crippen LogP contribution in [0.5, 0.6) is 0 Å². The summed E-state index contributed by atoms with van der Waals surface area (Å²) in [5.41, 5.74) is 8.23. The number of hydrogen-bond donors (Lipinski definition) is 2. The molecule has 17 heavy (non-hydrogen) atoms. The summed E-state index contributed by atoms with van der Waals surface area (Å²) in [5.74, 6) is 0.615. The standard InChI is InChI=1S/C13H19BrN2O/c14-12-2-1-3-13(11(12)8-15)16-6-4-10(9-16)5-7-17/h1-3,10,17H,4-9,15H2. The number of aliphatic hydroxyl groups is 1. The van der Waals surface area contributed by atoms with Gasteiger partial charge in [0.05, 0.1) is 0 Å². The van der Waals surface area contributed by atoms with Crippen LogP contribution in [-0.2, 0) is 6.54 Å². The molecule has 1 unspecified atom stereocenters. The summed E-state index contributed by atoms with van der Waals surface area (Å²) in [6.45, 7) is 2.94. The van der Waals surface area contributed by atoms with Crippen LogP contribution in [-0.4, -0.2) is 24.8 Å². The number of anilines is 1. The van der Waals surface area contributed by atoms with Gasteiger partial charge in [-0.1, -0.05) is 22.0 Å². The highest BCUT2D eigenvalue weighted by Gasteiger charge is 2.23. The van der Waals surface area contributed by atoms with Gasteiger partial charge in [-0.3, -0.25) is 0 Å². The molecule has 0 aromatic heterocycles. The Morgan fingerprint density at radius 1 is 1.47 bits per heavy atom. The molecule has 0 aliphatic carbocycles. The molecule has 3 N–H and O–H groups in total. The van der Waals surface area contributed by atoms with Crippen molar-refractivity contribution < 1.29 is 5.11 Å². The lowest BCUT2D eigenvalue weighted by Crippen LogP contribution is -2.22. The molecule has 1 aromatic carbocycles. The highest BCUT2D eigenvalue weighted by atomic mass is 79.9. The van der Waals surface area contributed by atoms with Crippen molar-refractivity contribution in [3.63, 3.8) is 0 Å². The summed E-state index contributed by atoms with van der Waals surface area (Å²) in [6, 6.07) is 6.22. The second-order valence-corrected chi connectivity index (χ2v) is 5.41. The van der Waals surface area contributed by atoms with Crippen LogP contribution >= 0.6 is 15.9 Å². The van der Waals surface area contributed by atoms with Crippen LogP contribution in [0.25, 0.3) is 0 Å². The zero-order chi connectivity index (χ0) is 12.3. The number of nitrogens with zero attached hydrogens (tertiary/aromatic N) is 1. The fourth-order valence-electron chi connectivity index (χ4n) is 2.52. The summed E-state index contributed by atoms with van der Waals surface area (Å²) in [7, 11) is 0. The maximum absolute atomic E-state index is 8.98. The predicted octanol–water partition coefficient (Wildman–Crippen LogP) is 2.12. The molecule has 0 spiro atoms. The fourth-order valence-corrected chi connectivity index (χ4v) is 3.03. The van der Waals surface area contributed by atoms with Crippen molar-refractivity contribution in [2.45, 2.75) is 19.4 Å². The van der Waals surface area contributed by atoms with Crippen LogP contribution in [0.4, 0.5) is 5.69 Å². The van der Waals surface area contributed by atoms with E-state index in [1.165, 1.54) is 11.3 Å². The van der Waals surface area contributed by atoms with Crippen molar-refractivity contribution in [2.75, 3.05) is 24.6 Å². The predicted molar refractivity (Wildman–Crippen MR) is 74.1 cm³/mol. The third kappa shape index (κ3) is 2.81. The monoisotopic (exact) mass is 298 g/mol. The van der Waals surface area contributed by atoms with E-state index in [0.29, 0.717) is 19.1 Å². The van der Waals surface area contributed by atoms with E-state index < -0.39 is 0 Å². The minimum absolute atomic E-state index is 0.292. The van der Waals surface area contributed by atoms with Gasteiger partial charge in [-0.25, -0.2) is 0 Å². The molecule has 0 radical (unpaired) electrons. The van der Waals surface area contributed by atoms with Crippen molar-refractivity contribution in [3.05, 3.63) is 28.2 Å². The van der Waals surface area contributed by atoms with E-state index in [0.717, 1.165) is 30.4 Å². The van der Waals surface area contributed by atoms with Crippen molar-refractivity contribution in [1.29, 1.82) is 0 Å². The zero-order valence-electron chi connectivity index (χ0n) is 9.90. The van der Waals surface area contributed by atoms with E-state index >= 15 is 0 Å². The number of hydrogen-bond acceptors (Lipinski definition) is 3. The van der Waals surface area contributed by atoms with Crippen LogP contribution < -0.4 is 10.6 Å². The second kappa shape index (κ2) is 5.85. The first kappa shape index (κ1) is 12.9. The van der Waals surface area contributed by atoms with Crippen molar-refractivity contribution in [2.24, 2.45) is 11.7 Å². The first-order chi connectivity index (χ1) is 8.26. The smallest absolute Gasteiger partial charge is 0.0434 e. The summed E-state index contributed by atoms with van der Waals surface area (Å²) in [4.78, 5) is 2.38. The highest BCUT2D eigenvalue weighted by Crippen LogP contribution is 2.31. The quantitative estimate of drug-likeness (QED) is 0.895. The average molecular weight is 299 g/mol. The van der Waals surface area contributed by atoms with Gasteiger partial charge < -0.3 is 15.7 Å². The van der Waals surface area contributed by atoms with E-state index in [1.54, 1.807) is 0 Å². The molecule has 94 valence electrons. The minimum atomic E-state index is 0.292. The molecule has 1 aliphatic heterocycles. The lowest BCUT2D eigenvalue weighted by molar-refractivity contribution is 0.263. The van der Waals surface area contributed by atoms with Gasteiger partial charge in [-0.2, -0.15) is 0 Å². The van der Waals surface area contributed by atoms with Gasteiger partial charge in [-0.15, -0.1) is 0 Å². The first-order valence-electron chi connectivity index (χ1n) is 6.09. The van der Waals surface area contributed by atoms with Gasteiger partial charge in [0.25, 0.3) is 0 Å². The Morgan fingerprint density at radius 2 is 2.29 bits per heavy atom. The molecular formula is C13H19BrN2O. The molecule has 0 amide bonds. The molecule has 4 heteroatoms. The Balaban J connectivity index is 2.15. The largest absolute Gasteiger partial charge is 0.396 e. The number of halogens is 1. The van der Waals surface area contributed by atoms with Gasteiger partial charge in [-0.05, 0) is 30.9 Å². The van der Waals surface area contributed by atoms with Crippen LogP contribution in [0.1, 0.15) is 18.4 Å². The van der Waals surface area contributed by atoms with E-state index in [-0.39, 0.29) is 0 Å². The topological polar surface area (TPSA) is 49.5 Å². The summed E-state index contributed by atoms with van der Waals surface area (Å²) in [5, 5.41) is 8.98. The Hall–Kier alpha value is -0.580. The Bertz CT molecular complexity index is 384. The van der Waals surface area contributed by atoms with Gasteiger partial charge in [0.1, 0.15) is 0 Å². The van der Waals surface area contributed by atoms with Gasteiger partial charge >= 0.3 is 0 Å². The molecule has 0 bridgehead atoms. The zero-order valence-corrected chi connectivity index (χ0v) is 11.5. The molecule has 1 saturated heterocycles. The molecule has 2 rings (SSSR count). The molecular weight excluding hydrogens is 280 g/mol. The fraction of sp³-hybridized carbons (Fsp3) is 0.538. The third-order valence-electron chi connectivity index (χ3n) is 3.46. The molecule has 1 fully saturated rings. The van der Waals surface area contributed by atoms with Gasteiger partial charge in [0, 0.05) is 42.0 Å². The Morgan fingerprint density at radius 3 is 3.00 bits per heavy atom. The van der Waals surface area contributed by atoms with Crippen LogP contribution in [0.2, 0.25) is 0 Å². The highest BCUT2D eigenvalue weighted by molar-refractivity contribution is 9.10.